The number of para-hydroxylation sites is 1. The van der Waals surface area contributed by atoms with Gasteiger partial charge in [0.25, 0.3) is 5.91 Å². The Kier molecular flexibility index (Phi) is 4.32. The molecule has 1 fully saturated rings. The van der Waals surface area contributed by atoms with Crippen LogP contribution in [0, 0.1) is 12.3 Å². The average molecular weight is 256 g/mol. The molecular formula is C15H16N2O2. The van der Waals surface area contributed by atoms with Crippen molar-refractivity contribution in [3.05, 3.63) is 30.3 Å². The first kappa shape index (κ1) is 13.3. The van der Waals surface area contributed by atoms with Gasteiger partial charge in [-0.15, -0.1) is 12.3 Å². The number of anilines is 1. The Morgan fingerprint density at radius 1 is 1.32 bits per heavy atom. The number of hydrogen-bond acceptors (Lipinski definition) is 3. The van der Waals surface area contributed by atoms with E-state index in [0.717, 1.165) is 6.42 Å². The third-order valence-electron chi connectivity index (χ3n) is 3.05. The lowest BCUT2D eigenvalue weighted by atomic mass is 10.2. The molecule has 1 aromatic carbocycles. The second-order valence-electron chi connectivity index (χ2n) is 4.42. The molecule has 1 aliphatic heterocycles. The van der Waals surface area contributed by atoms with Gasteiger partial charge in [0.1, 0.15) is 0 Å². The molecule has 1 N–H and O–H groups in total. The molecule has 0 bridgehead atoms. The van der Waals surface area contributed by atoms with Gasteiger partial charge in [-0.05, 0) is 25.1 Å². The summed E-state index contributed by atoms with van der Waals surface area (Å²) in [6.07, 6.45) is 6.85. The fourth-order valence-corrected chi connectivity index (χ4v) is 2.11. The van der Waals surface area contributed by atoms with Gasteiger partial charge in [-0.1, -0.05) is 18.2 Å². The number of amides is 2. The number of rotatable bonds is 5. The summed E-state index contributed by atoms with van der Waals surface area (Å²) in [7, 11) is 0. The Bertz CT molecular complexity index is 505. The molecule has 0 saturated carbocycles. The monoisotopic (exact) mass is 256 g/mol. The van der Waals surface area contributed by atoms with Gasteiger partial charge < -0.3 is 5.32 Å². The first-order chi connectivity index (χ1) is 9.24. The quantitative estimate of drug-likeness (QED) is 0.491. The first-order valence-corrected chi connectivity index (χ1v) is 6.32. The third-order valence-corrected chi connectivity index (χ3v) is 3.05. The van der Waals surface area contributed by atoms with E-state index in [-0.39, 0.29) is 18.2 Å². The van der Waals surface area contributed by atoms with Gasteiger partial charge in [-0.25, -0.2) is 4.90 Å². The summed E-state index contributed by atoms with van der Waals surface area (Å²) in [6.45, 7) is 0.649. The molecule has 1 aromatic rings. The Morgan fingerprint density at radius 3 is 2.74 bits per heavy atom. The minimum absolute atomic E-state index is 0.161. The van der Waals surface area contributed by atoms with E-state index in [2.05, 4.69) is 11.2 Å². The molecule has 0 radical (unpaired) electrons. The molecule has 4 nitrogen and oxygen atoms in total. The van der Waals surface area contributed by atoms with Crippen LogP contribution < -0.4 is 10.2 Å². The number of nitrogens with zero attached hydrogens (tertiary/aromatic N) is 1. The summed E-state index contributed by atoms with van der Waals surface area (Å²) in [5.74, 6) is 2.20. The number of nitrogens with one attached hydrogen (secondary N) is 1. The van der Waals surface area contributed by atoms with Crippen molar-refractivity contribution in [2.24, 2.45) is 0 Å². The molecule has 19 heavy (non-hydrogen) atoms. The maximum absolute atomic E-state index is 12.2. The van der Waals surface area contributed by atoms with Crippen LogP contribution in [-0.4, -0.2) is 24.4 Å². The fraction of sp³-hybridized carbons (Fsp3) is 0.333. The van der Waals surface area contributed by atoms with Gasteiger partial charge in [-0.3, -0.25) is 9.59 Å². The summed E-state index contributed by atoms with van der Waals surface area (Å²) >= 11 is 0. The van der Waals surface area contributed by atoms with Crippen LogP contribution in [0.5, 0.6) is 0 Å². The lowest BCUT2D eigenvalue weighted by Crippen LogP contribution is -2.39. The summed E-state index contributed by atoms with van der Waals surface area (Å²) in [5, 5.41) is 3.09. The van der Waals surface area contributed by atoms with E-state index < -0.39 is 6.04 Å². The van der Waals surface area contributed by atoms with Crippen molar-refractivity contribution in [2.45, 2.75) is 25.3 Å². The highest BCUT2D eigenvalue weighted by molar-refractivity contribution is 6.22. The zero-order valence-electron chi connectivity index (χ0n) is 10.6. The molecule has 1 saturated heterocycles. The fourth-order valence-electron chi connectivity index (χ4n) is 2.11. The van der Waals surface area contributed by atoms with Crippen LogP contribution in [-0.2, 0) is 9.59 Å². The number of hydrogen-bond donors (Lipinski definition) is 1. The van der Waals surface area contributed by atoms with Crippen molar-refractivity contribution < 1.29 is 9.59 Å². The molecular weight excluding hydrogens is 240 g/mol. The van der Waals surface area contributed by atoms with Crippen molar-refractivity contribution in [2.75, 3.05) is 11.4 Å². The van der Waals surface area contributed by atoms with E-state index in [1.54, 1.807) is 12.1 Å². The summed E-state index contributed by atoms with van der Waals surface area (Å²) in [5.41, 5.74) is 0.630. The van der Waals surface area contributed by atoms with E-state index in [1.165, 1.54) is 4.90 Å². The largest absolute Gasteiger partial charge is 0.305 e. The number of unbranched alkanes of at least 4 members (excludes halogenated alkanes) is 1. The van der Waals surface area contributed by atoms with Gasteiger partial charge in [0.05, 0.1) is 18.2 Å². The lowest BCUT2D eigenvalue weighted by molar-refractivity contribution is -0.121. The van der Waals surface area contributed by atoms with Crippen LogP contribution in [0.3, 0.4) is 0 Å². The first-order valence-electron chi connectivity index (χ1n) is 6.32. The van der Waals surface area contributed by atoms with Crippen LogP contribution >= 0.6 is 0 Å². The molecule has 1 aliphatic rings. The van der Waals surface area contributed by atoms with E-state index >= 15 is 0 Å². The van der Waals surface area contributed by atoms with E-state index in [0.29, 0.717) is 18.7 Å². The van der Waals surface area contributed by atoms with E-state index in [1.807, 2.05) is 18.2 Å². The van der Waals surface area contributed by atoms with Gasteiger partial charge in [0.2, 0.25) is 5.91 Å². The SMILES string of the molecule is C#CCCCNC1CC(=O)N(c2ccccc2)C1=O. The van der Waals surface area contributed by atoms with Crippen LogP contribution in [0.2, 0.25) is 0 Å². The van der Waals surface area contributed by atoms with Crippen molar-refractivity contribution in [1.82, 2.24) is 5.32 Å². The molecule has 98 valence electrons. The smallest absolute Gasteiger partial charge is 0.251 e. The van der Waals surface area contributed by atoms with Crippen molar-refractivity contribution in [3.8, 4) is 12.3 Å². The van der Waals surface area contributed by atoms with E-state index in [4.69, 9.17) is 6.42 Å². The van der Waals surface area contributed by atoms with Crippen molar-refractivity contribution in [3.63, 3.8) is 0 Å². The number of terminal acetylenes is 1. The standard InChI is InChI=1S/C15H16N2O2/c1-2-3-7-10-16-13-11-14(18)17(15(13)19)12-8-5-4-6-9-12/h1,4-6,8-9,13,16H,3,7,10-11H2. The second kappa shape index (κ2) is 6.17. The third kappa shape index (κ3) is 3.01. The normalized spacial score (nSPS) is 18.7. The second-order valence-corrected chi connectivity index (χ2v) is 4.42. The predicted octanol–water partition coefficient (Wildman–Crippen LogP) is 1.32. The highest BCUT2D eigenvalue weighted by Gasteiger charge is 2.38. The maximum Gasteiger partial charge on any atom is 0.251 e. The zero-order valence-corrected chi connectivity index (χ0v) is 10.6. The predicted molar refractivity (Wildman–Crippen MR) is 73.4 cm³/mol. The summed E-state index contributed by atoms with van der Waals surface area (Å²) < 4.78 is 0. The Labute approximate surface area is 112 Å². The number of carbonyl (C=O) groups is 2. The Balaban J connectivity index is 1.99. The van der Waals surface area contributed by atoms with Gasteiger partial charge in [-0.2, -0.15) is 0 Å². The van der Waals surface area contributed by atoms with Crippen LogP contribution in [0.15, 0.2) is 30.3 Å². The molecule has 2 amide bonds. The molecule has 0 spiro atoms. The van der Waals surface area contributed by atoms with Gasteiger partial charge in [0, 0.05) is 6.42 Å². The highest BCUT2D eigenvalue weighted by Crippen LogP contribution is 2.22. The summed E-state index contributed by atoms with van der Waals surface area (Å²) in [4.78, 5) is 25.3. The molecule has 1 heterocycles. The minimum Gasteiger partial charge on any atom is -0.305 e. The van der Waals surface area contributed by atoms with Crippen LogP contribution in [0.1, 0.15) is 19.3 Å². The zero-order chi connectivity index (χ0) is 13.7. The molecule has 0 aromatic heterocycles. The van der Waals surface area contributed by atoms with Crippen LogP contribution in [0.25, 0.3) is 0 Å². The van der Waals surface area contributed by atoms with Crippen molar-refractivity contribution in [1.29, 1.82) is 0 Å². The minimum atomic E-state index is -0.425. The van der Waals surface area contributed by atoms with Gasteiger partial charge in [0.15, 0.2) is 0 Å². The lowest BCUT2D eigenvalue weighted by Gasteiger charge is -2.15. The number of imide groups is 1. The Hall–Kier alpha value is -2.12. The number of carbonyl (C=O) groups excluding carboxylic acids is 2. The topological polar surface area (TPSA) is 49.4 Å². The van der Waals surface area contributed by atoms with Crippen molar-refractivity contribution >= 4 is 17.5 Å². The van der Waals surface area contributed by atoms with Gasteiger partial charge >= 0.3 is 0 Å². The highest BCUT2D eigenvalue weighted by atomic mass is 16.2. The molecule has 2 rings (SSSR count). The maximum atomic E-state index is 12.2. The molecule has 4 heteroatoms. The van der Waals surface area contributed by atoms with E-state index in [9.17, 15) is 9.59 Å². The molecule has 0 aliphatic carbocycles. The summed E-state index contributed by atoms with van der Waals surface area (Å²) in [6, 6.07) is 8.56. The Morgan fingerprint density at radius 2 is 2.05 bits per heavy atom. The van der Waals surface area contributed by atoms with Crippen LogP contribution in [0.4, 0.5) is 5.69 Å². The number of benzene rings is 1. The molecule has 1 atom stereocenters. The average Bonchev–Trinajstić information content (AvgIpc) is 2.71. The molecule has 1 unspecified atom stereocenters.